The molecule has 0 spiro atoms. The highest BCUT2D eigenvalue weighted by molar-refractivity contribution is 9.10. The van der Waals surface area contributed by atoms with Crippen LogP contribution in [0.3, 0.4) is 0 Å². The lowest BCUT2D eigenvalue weighted by Crippen LogP contribution is -2.33. The highest BCUT2D eigenvalue weighted by Gasteiger charge is 2.25. The highest BCUT2D eigenvalue weighted by atomic mass is 79.9. The van der Waals surface area contributed by atoms with Crippen molar-refractivity contribution in [1.29, 1.82) is 0 Å². The molecule has 2 unspecified atom stereocenters. The van der Waals surface area contributed by atoms with Crippen LogP contribution >= 0.6 is 15.9 Å². The van der Waals surface area contributed by atoms with E-state index >= 15 is 0 Å². The standard InChI is InChI=1S/C14H20BrNO2/c1-18-12-6-5-10(13(15)7-12)8-16-14-4-2-3-11(14)9-17/h5-7,11,14,16-17H,2-4,8-9H2,1H3. The van der Waals surface area contributed by atoms with Crippen LogP contribution in [-0.4, -0.2) is 24.9 Å². The van der Waals surface area contributed by atoms with Gasteiger partial charge in [-0.1, -0.05) is 28.4 Å². The van der Waals surface area contributed by atoms with Gasteiger partial charge in [0, 0.05) is 23.7 Å². The first kappa shape index (κ1) is 13.8. The van der Waals surface area contributed by atoms with Crippen LogP contribution in [0, 0.1) is 5.92 Å². The predicted molar refractivity (Wildman–Crippen MR) is 75.7 cm³/mol. The summed E-state index contributed by atoms with van der Waals surface area (Å²) in [6.07, 6.45) is 3.52. The number of methoxy groups -OCH3 is 1. The van der Waals surface area contributed by atoms with E-state index in [9.17, 15) is 5.11 Å². The molecule has 0 heterocycles. The normalized spacial score (nSPS) is 23.3. The van der Waals surface area contributed by atoms with Crippen LogP contribution < -0.4 is 10.1 Å². The molecule has 1 aliphatic rings. The van der Waals surface area contributed by atoms with Crippen molar-refractivity contribution in [2.45, 2.75) is 31.8 Å². The quantitative estimate of drug-likeness (QED) is 0.878. The summed E-state index contributed by atoms with van der Waals surface area (Å²) in [6, 6.07) is 6.47. The average molecular weight is 314 g/mol. The fourth-order valence-electron chi connectivity index (χ4n) is 2.56. The Kier molecular flexibility index (Phi) is 5.03. The molecule has 18 heavy (non-hydrogen) atoms. The van der Waals surface area contributed by atoms with E-state index in [1.54, 1.807) is 7.11 Å². The van der Waals surface area contributed by atoms with E-state index in [2.05, 4.69) is 27.3 Å². The predicted octanol–water partition coefficient (Wildman–Crippen LogP) is 2.71. The lowest BCUT2D eigenvalue weighted by atomic mass is 10.0. The van der Waals surface area contributed by atoms with E-state index in [1.807, 2.05) is 12.1 Å². The third kappa shape index (κ3) is 3.25. The van der Waals surface area contributed by atoms with Crippen LogP contribution in [0.15, 0.2) is 22.7 Å². The molecule has 0 saturated heterocycles. The average Bonchev–Trinajstić information content (AvgIpc) is 2.84. The van der Waals surface area contributed by atoms with Crippen LogP contribution in [0.1, 0.15) is 24.8 Å². The van der Waals surface area contributed by atoms with Gasteiger partial charge in [-0.15, -0.1) is 0 Å². The second-order valence-electron chi connectivity index (χ2n) is 4.82. The maximum absolute atomic E-state index is 9.29. The molecule has 100 valence electrons. The van der Waals surface area contributed by atoms with Crippen molar-refractivity contribution in [1.82, 2.24) is 5.32 Å². The highest BCUT2D eigenvalue weighted by Crippen LogP contribution is 2.27. The summed E-state index contributed by atoms with van der Waals surface area (Å²) >= 11 is 3.56. The number of hydrogen-bond donors (Lipinski definition) is 2. The van der Waals surface area contributed by atoms with Gasteiger partial charge in [0.05, 0.1) is 7.11 Å². The molecule has 1 aromatic rings. The molecule has 1 saturated carbocycles. The van der Waals surface area contributed by atoms with Gasteiger partial charge in [-0.25, -0.2) is 0 Å². The van der Waals surface area contributed by atoms with Gasteiger partial charge in [-0.3, -0.25) is 0 Å². The van der Waals surface area contributed by atoms with E-state index < -0.39 is 0 Å². The van der Waals surface area contributed by atoms with E-state index in [4.69, 9.17) is 4.74 Å². The van der Waals surface area contributed by atoms with Gasteiger partial charge in [0.25, 0.3) is 0 Å². The Bertz CT molecular complexity index is 397. The van der Waals surface area contributed by atoms with Crippen molar-refractivity contribution >= 4 is 15.9 Å². The Balaban J connectivity index is 1.93. The lowest BCUT2D eigenvalue weighted by molar-refractivity contribution is 0.205. The number of aliphatic hydroxyl groups is 1. The van der Waals surface area contributed by atoms with Crippen molar-refractivity contribution in [2.24, 2.45) is 5.92 Å². The first-order valence-corrected chi connectivity index (χ1v) is 7.20. The summed E-state index contributed by atoms with van der Waals surface area (Å²) in [5.74, 6) is 1.28. The van der Waals surface area contributed by atoms with E-state index in [-0.39, 0.29) is 0 Å². The van der Waals surface area contributed by atoms with Crippen molar-refractivity contribution < 1.29 is 9.84 Å². The molecule has 1 aromatic carbocycles. The third-order valence-corrected chi connectivity index (χ3v) is 4.45. The molecule has 4 heteroatoms. The number of benzene rings is 1. The van der Waals surface area contributed by atoms with Crippen LogP contribution in [0.25, 0.3) is 0 Å². The minimum atomic E-state index is 0.293. The Morgan fingerprint density at radius 2 is 2.28 bits per heavy atom. The van der Waals surface area contributed by atoms with Crippen LogP contribution in [0.2, 0.25) is 0 Å². The topological polar surface area (TPSA) is 41.5 Å². The van der Waals surface area contributed by atoms with Gasteiger partial charge in [-0.05, 0) is 36.5 Å². The fourth-order valence-corrected chi connectivity index (χ4v) is 3.06. The van der Waals surface area contributed by atoms with Gasteiger partial charge < -0.3 is 15.2 Å². The Hall–Kier alpha value is -0.580. The Morgan fingerprint density at radius 3 is 2.94 bits per heavy atom. The summed E-state index contributed by atoms with van der Waals surface area (Å²) in [7, 11) is 1.67. The summed E-state index contributed by atoms with van der Waals surface area (Å²) < 4.78 is 6.24. The molecule has 0 bridgehead atoms. The molecular formula is C14H20BrNO2. The number of aliphatic hydroxyl groups excluding tert-OH is 1. The van der Waals surface area contributed by atoms with Crippen LogP contribution in [-0.2, 0) is 6.54 Å². The monoisotopic (exact) mass is 313 g/mol. The number of rotatable bonds is 5. The fraction of sp³-hybridized carbons (Fsp3) is 0.571. The van der Waals surface area contributed by atoms with Crippen molar-refractivity contribution in [3.8, 4) is 5.75 Å². The second-order valence-corrected chi connectivity index (χ2v) is 5.67. The molecule has 0 radical (unpaired) electrons. The number of hydrogen-bond acceptors (Lipinski definition) is 3. The van der Waals surface area contributed by atoms with Crippen molar-refractivity contribution in [2.75, 3.05) is 13.7 Å². The smallest absolute Gasteiger partial charge is 0.120 e. The molecule has 2 atom stereocenters. The maximum Gasteiger partial charge on any atom is 0.120 e. The first-order chi connectivity index (χ1) is 8.74. The minimum Gasteiger partial charge on any atom is -0.497 e. The molecular weight excluding hydrogens is 294 g/mol. The van der Waals surface area contributed by atoms with Gasteiger partial charge in [0.2, 0.25) is 0 Å². The summed E-state index contributed by atoms with van der Waals surface area (Å²) in [5, 5.41) is 12.8. The largest absolute Gasteiger partial charge is 0.497 e. The zero-order chi connectivity index (χ0) is 13.0. The van der Waals surface area contributed by atoms with E-state index in [1.165, 1.54) is 18.4 Å². The summed E-state index contributed by atoms with van der Waals surface area (Å²) in [6.45, 7) is 1.12. The lowest BCUT2D eigenvalue weighted by Gasteiger charge is -2.19. The zero-order valence-electron chi connectivity index (χ0n) is 10.7. The zero-order valence-corrected chi connectivity index (χ0v) is 12.2. The van der Waals surface area contributed by atoms with Gasteiger partial charge in [0.15, 0.2) is 0 Å². The molecule has 0 aromatic heterocycles. The molecule has 2 rings (SSSR count). The summed E-state index contributed by atoms with van der Waals surface area (Å²) in [5.41, 5.74) is 1.22. The van der Waals surface area contributed by atoms with Crippen LogP contribution in [0.4, 0.5) is 0 Å². The Morgan fingerprint density at radius 1 is 1.44 bits per heavy atom. The van der Waals surface area contributed by atoms with E-state index in [0.29, 0.717) is 18.6 Å². The van der Waals surface area contributed by atoms with Crippen molar-refractivity contribution in [3.05, 3.63) is 28.2 Å². The van der Waals surface area contributed by atoms with E-state index in [0.717, 1.165) is 23.2 Å². The SMILES string of the molecule is COc1ccc(CNC2CCCC2CO)c(Br)c1. The molecule has 1 fully saturated rings. The summed E-state index contributed by atoms with van der Waals surface area (Å²) in [4.78, 5) is 0. The molecule has 0 aliphatic heterocycles. The maximum atomic E-state index is 9.29. The van der Waals surface area contributed by atoms with Crippen LogP contribution in [0.5, 0.6) is 5.75 Å². The minimum absolute atomic E-state index is 0.293. The second kappa shape index (κ2) is 6.55. The van der Waals surface area contributed by atoms with Gasteiger partial charge in [0.1, 0.15) is 5.75 Å². The molecule has 2 N–H and O–H groups in total. The number of halogens is 1. The number of nitrogens with one attached hydrogen (secondary N) is 1. The molecule has 1 aliphatic carbocycles. The molecule has 0 amide bonds. The first-order valence-electron chi connectivity index (χ1n) is 6.41. The number of ether oxygens (including phenoxy) is 1. The van der Waals surface area contributed by atoms with Gasteiger partial charge in [-0.2, -0.15) is 0 Å². The molecule has 3 nitrogen and oxygen atoms in total. The Labute approximate surface area is 117 Å². The van der Waals surface area contributed by atoms with Gasteiger partial charge >= 0.3 is 0 Å². The third-order valence-electron chi connectivity index (χ3n) is 3.71. The van der Waals surface area contributed by atoms with Crippen molar-refractivity contribution in [3.63, 3.8) is 0 Å².